The molecule has 3 heteroatoms. The second kappa shape index (κ2) is 5.17. The number of carbonyl (C=O) groups excluding carboxylic acids is 1. The van der Waals surface area contributed by atoms with E-state index in [1.165, 1.54) is 5.56 Å². The molecule has 3 rings (SSSR count). The third-order valence-corrected chi connectivity index (χ3v) is 4.06. The molecule has 21 heavy (non-hydrogen) atoms. The zero-order valence-electron chi connectivity index (χ0n) is 12.5. The van der Waals surface area contributed by atoms with Crippen LogP contribution in [0.4, 0.5) is 0 Å². The number of aryl methyl sites for hydroxylation is 1. The average Bonchev–Trinajstić information content (AvgIpc) is 2.99. The van der Waals surface area contributed by atoms with Crippen LogP contribution >= 0.6 is 0 Å². The van der Waals surface area contributed by atoms with Crippen LogP contribution in [0.15, 0.2) is 48.8 Å². The molecule has 3 nitrogen and oxygen atoms in total. The molecule has 0 aliphatic heterocycles. The largest absolute Gasteiger partial charge is 0.299 e. The van der Waals surface area contributed by atoms with E-state index in [4.69, 9.17) is 0 Å². The maximum atomic E-state index is 11.6. The monoisotopic (exact) mass is 278 g/mol. The number of ketones is 1. The van der Waals surface area contributed by atoms with Crippen molar-refractivity contribution in [1.82, 2.24) is 9.78 Å². The summed E-state index contributed by atoms with van der Waals surface area (Å²) in [4.78, 5) is 11.6. The summed E-state index contributed by atoms with van der Waals surface area (Å²) in [5.74, 6) is 0.123. The topological polar surface area (TPSA) is 34.9 Å². The van der Waals surface area contributed by atoms with Gasteiger partial charge in [-0.2, -0.15) is 5.10 Å². The number of nitrogens with zero attached hydrogens (tertiary/aromatic N) is 2. The molecule has 0 spiro atoms. The molecular formula is C18H18N2O. The van der Waals surface area contributed by atoms with Crippen molar-refractivity contribution in [3.8, 4) is 5.69 Å². The molecule has 2 aromatic carbocycles. The Kier molecular flexibility index (Phi) is 3.34. The molecule has 0 amide bonds. The maximum Gasteiger partial charge on any atom is 0.136 e. The van der Waals surface area contributed by atoms with Crippen LogP contribution in [0.2, 0.25) is 0 Å². The molecule has 1 aromatic heterocycles. The van der Waals surface area contributed by atoms with Crippen molar-refractivity contribution in [1.29, 1.82) is 0 Å². The lowest BCUT2D eigenvalue weighted by molar-refractivity contribution is -0.118. The van der Waals surface area contributed by atoms with E-state index in [1.54, 1.807) is 13.1 Å². The van der Waals surface area contributed by atoms with Gasteiger partial charge in [-0.05, 0) is 36.4 Å². The van der Waals surface area contributed by atoms with E-state index in [2.05, 4.69) is 36.3 Å². The first-order valence-corrected chi connectivity index (χ1v) is 7.11. The Morgan fingerprint density at radius 2 is 2.05 bits per heavy atom. The highest BCUT2D eigenvalue weighted by Crippen LogP contribution is 2.28. The Labute approximate surface area is 124 Å². The normalized spacial score (nSPS) is 12.5. The highest BCUT2D eigenvalue weighted by atomic mass is 16.1. The van der Waals surface area contributed by atoms with E-state index < -0.39 is 0 Å². The maximum absolute atomic E-state index is 11.6. The fourth-order valence-electron chi connectivity index (χ4n) is 2.65. The van der Waals surface area contributed by atoms with Crippen LogP contribution < -0.4 is 0 Å². The van der Waals surface area contributed by atoms with Gasteiger partial charge in [0.15, 0.2) is 0 Å². The number of fused-ring (bicyclic) bond motifs is 1. The van der Waals surface area contributed by atoms with Gasteiger partial charge in [-0.25, -0.2) is 4.68 Å². The molecule has 0 aliphatic rings. The van der Waals surface area contributed by atoms with Crippen LogP contribution in [0.5, 0.6) is 0 Å². The second-order valence-electron chi connectivity index (χ2n) is 5.49. The molecule has 0 saturated carbocycles. The minimum atomic E-state index is -0.0659. The number of rotatable bonds is 3. The number of benzene rings is 2. The fourth-order valence-corrected chi connectivity index (χ4v) is 2.65. The lowest BCUT2D eigenvalue weighted by Gasteiger charge is -2.13. The number of Topliss-reactive ketones (excluding diaryl/α,β-unsaturated/α-hetero) is 1. The number of hydrogen-bond acceptors (Lipinski definition) is 2. The van der Waals surface area contributed by atoms with Crippen molar-refractivity contribution in [2.24, 2.45) is 0 Å². The van der Waals surface area contributed by atoms with Crippen LogP contribution in [-0.2, 0) is 4.79 Å². The van der Waals surface area contributed by atoms with Gasteiger partial charge in [0, 0.05) is 23.7 Å². The lowest BCUT2D eigenvalue weighted by atomic mass is 9.94. The minimum Gasteiger partial charge on any atom is -0.299 e. The summed E-state index contributed by atoms with van der Waals surface area (Å²) >= 11 is 0. The standard InChI is InChI=1S/C18H18N2O/c1-12-5-6-16-11-15(13(2)14(3)21)7-8-17(16)18(12)20-10-4-9-19-20/h4-11,13H,1-3H3/t13-/m1/s1. The van der Waals surface area contributed by atoms with E-state index in [0.717, 1.165) is 22.0 Å². The Hall–Kier alpha value is -2.42. The van der Waals surface area contributed by atoms with Gasteiger partial charge in [0.05, 0.1) is 5.69 Å². The second-order valence-corrected chi connectivity index (χ2v) is 5.49. The molecule has 106 valence electrons. The summed E-state index contributed by atoms with van der Waals surface area (Å²) in [5, 5.41) is 6.63. The van der Waals surface area contributed by atoms with Gasteiger partial charge >= 0.3 is 0 Å². The van der Waals surface area contributed by atoms with Gasteiger partial charge in [-0.1, -0.05) is 37.3 Å². The predicted octanol–water partition coefficient (Wildman–Crippen LogP) is 4.03. The van der Waals surface area contributed by atoms with E-state index in [-0.39, 0.29) is 11.7 Å². The van der Waals surface area contributed by atoms with Crippen LogP contribution in [0.1, 0.15) is 30.9 Å². The highest BCUT2D eigenvalue weighted by Gasteiger charge is 2.13. The lowest BCUT2D eigenvalue weighted by Crippen LogP contribution is -2.04. The third-order valence-electron chi connectivity index (χ3n) is 4.06. The molecule has 0 saturated heterocycles. The Balaban J connectivity index is 2.22. The van der Waals surface area contributed by atoms with Crippen LogP contribution in [0.25, 0.3) is 16.5 Å². The molecule has 3 aromatic rings. The first-order valence-electron chi connectivity index (χ1n) is 7.11. The zero-order valence-corrected chi connectivity index (χ0v) is 12.5. The van der Waals surface area contributed by atoms with Gasteiger partial charge < -0.3 is 0 Å². The Morgan fingerprint density at radius 1 is 1.24 bits per heavy atom. The van der Waals surface area contributed by atoms with Crippen LogP contribution in [-0.4, -0.2) is 15.6 Å². The molecule has 0 fully saturated rings. The number of carbonyl (C=O) groups is 1. The Bertz CT molecular complexity index is 803. The van der Waals surface area contributed by atoms with Crippen molar-refractivity contribution >= 4 is 16.6 Å². The summed E-state index contributed by atoms with van der Waals surface area (Å²) in [6, 6.07) is 12.4. The summed E-state index contributed by atoms with van der Waals surface area (Å²) in [6.45, 7) is 5.67. The fraction of sp³-hybridized carbons (Fsp3) is 0.222. The van der Waals surface area contributed by atoms with Gasteiger partial charge in [0.1, 0.15) is 5.78 Å². The van der Waals surface area contributed by atoms with Crippen LogP contribution in [0, 0.1) is 6.92 Å². The van der Waals surface area contributed by atoms with Gasteiger partial charge in [0.25, 0.3) is 0 Å². The van der Waals surface area contributed by atoms with Gasteiger partial charge in [-0.15, -0.1) is 0 Å². The molecule has 0 radical (unpaired) electrons. The predicted molar refractivity (Wildman–Crippen MR) is 84.9 cm³/mol. The van der Waals surface area contributed by atoms with Gasteiger partial charge in [0.2, 0.25) is 0 Å². The molecule has 0 N–H and O–H groups in total. The Morgan fingerprint density at radius 3 is 2.71 bits per heavy atom. The summed E-state index contributed by atoms with van der Waals surface area (Å²) < 4.78 is 1.89. The summed E-state index contributed by atoms with van der Waals surface area (Å²) in [7, 11) is 0. The summed E-state index contributed by atoms with van der Waals surface area (Å²) in [6.07, 6.45) is 3.73. The van der Waals surface area contributed by atoms with E-state index in [0.29, 0.717) is 0 Å². The molecule has 1 heterocycles. The van der Waals surface area contributed by atoms with Crippen molar-refractivity contribution in [3.63, 3.8) is 0 Å². The quantitative estimate of drug-likeness (QED) is 0.725. The molecule has 0 aliphatic carbocycles. The summed E-state index contributed by atoms with van der Waals surface area (Å²) in [5.41, 5.74) is 3.34. The van der Waals surface area contributed by atoms with Crippen molar-refractivity contribution in [2.75, 3.05) is 0 Å². The minimum absolute atomic E-state index is 0.0659. The SMILES string of the molecule is CC(=O)[C@@H](C)c1ccc2c(-n3cccn3)c(C)ccc2c1. The number of aromatic nitrogens is 2. The first kappa shape index (κ1) is 13.6. The van der Waals surface area contributed by atoms with Gasteiger partial charge in [-0.3, -0.25) is 4.79 Å². The third kappa shape index (κ3) is 2.35. The number of hydrogen-bond donors (Lipinski definition) is 0. The van der Waals surface area contributed by atoms with E-state index in [1.807, 2.05) is 29.9 Å². The van der Waals surface area contributed by atoms with Crippen molar-refractivity contribution in [3.05, 3.63) is 59.9 Å². The van der Waals surface area contributed by atoms with E-state index in [9.17, 15) is 4.79 Å². The van der Waals surface area contributed by atoms with Crippen LogP contribution in [0.3, 0.4) is 0 Å². The molecule has 0 bridgehead atoms. The average molecular weight is 278 g/mol. The molecular weight excluding hydrogens is 260 g/mol. The zero-order chi connectivity index (χ0) is 15.0. The molecule has 1 atom stereocenters. The van der Waals surface area contributed by atoms with E-state index >= 15 is 0 Å². The smallest absolute Gasteiger partial charge is 0.136 e. The highest BCUT2D eigenvalue weighted by molar-refractivity contribution is 5.93. The molecule has 0 unspecified atom stereocenters. The first-order chi connectivity index (χ1) is 10.1. The van der Waals surface area contributed by atoms with Crippen molar-refractivity contribution < 1.29 is 4.79 Å². The van der Waals surface area contributed by atoms with Crippen molar-refractivity contribution in [2.45, 2.75) is 26.7 Å².